The van der Waals surface area contributed by atoms with Crippen molar-refractivity contribution in [3.8, 4) is 5.75 Å². The number of amides is 1. The first-order valence-corrected chi connectivity index (χ1v) is 9.68. The summed E-state index contributed by atoms with van der Waals surface area (Å²) in [6.07, 6.45) is 1.63. The number of anilines is 1. The van der Waals surface area contributed by atoms with Gasteiger partial charge in [-0.15, -0.1) is 0 Å². The summed E-state index contributed by atoms with van der Waals surface area (Å²) in [4.78, 5) is 12.4. The van der Waals surface area contributed by atoms with E-state index in [-0.39, 0.29) is 24.0 Å². The predicted octanol–water partition coefficient (Wildman–Crippen LogP) is 2.43. The SMILES string of the molecule is C=CCOc1cccc(NC(=O)c2ccc(S(=O)(=O)NCCOC)cc2)c1. The van der Waals surface area contributed by atoms with Crippen LogP contribution >= 0.6 is 0 Å². The molecular weight excluding hydrogens is 368 g/mol. The summed E-state index contributed by atoms with van der Waals surface area (Å²) in [5.74, 6) is 0.253. The predicted molar refractivity (Wildman–Crippen MR) is 104 cm³/mol. The van der Waals surface area contributed by atoms with Crippen molar-refractivity contribution in [1.82, 2.24) is 4.72 Å². The molecule has 0 aliphatic carbocycles. The van der Waals surface area contributed by atoms with Crippen molar-refractivity contribution < 1.29 is 22.7 Å². The van der Waals surface area contributed by atoms with Gasteiger partial charge >= 0.3 is 0 Å². The molecule has 2 N–H and O–H groups in total. The lowest BCUT2D eigenvalue weighted by Crippen LogP contribution is -2.27. The van der Waals surface area contributed by atoms with Crippen LogP contribution in [0.3, 0.4) is 0 Å². The van der Waals surface area contributed by atoms with Crippen molar-refractivity contribution in [1.29, 1.82) is 0 Å². The molecule has 1 amide bonds. The summed E-state index contributed by atoms with van der Waals surface area (Å²) >= 11 is 0. The molecule has 8 heteroatoms. The lowest BCUT2D eigenvalue weighted by Gasteiger charge is -2.09. The minimum atomic E-state index is -3.63. The average molecular weight is 390 g/mol. The Hall–Kier alpha value is -2.68. The highest BCUT2D eigenvalue weighted by molar-refractivity contribution is 7.89. The van der Waals surface area contributed by atoms with Gasteiger partial charge in [0.25, 0.3) is 5.91 Å². The minimum Gasteiger partial charge on any atom is -0.489 e. The maximum atomic E-state index is 12.4. The van der Waals surface area contributed by atoms with Gasteiger partial charge in [0, 0.05) is 31.0 Å². The largest absolute Gasteiger partial charge is 0.489 e. The number of benzene rings is 2. The molecular formula is C19H22N2O5S. The molecule has 7 nitrogen and oxygen atoms in total. The standard InChI is InChI=1S/C19H22N2O5S/c1-3-12-26-17-6-4-5-16(14-17)21-19(22)15-7-9-18(10-8-15)27(23,24)20-11-13-25-2/h3-10,14,20H,1,11-13H2,2H3,(H,21,22). The van der Waals surface area contributed by atoms with Gasteiger partial charge in [-0.25, -0.2) is 13.1 Å². The summed E-state index contributed by atoms with van der Waals surface area (Å²) in [7, 11) is -2.15. The van der Waals surface area contributed by atoms with E-state index in [1.807, 2.05) is 0 Å². The lowest BCUT2D eigenvalue weighted by atomic mass is 10.2. The number of methoxy groups -OCH3 is 1. The molecule has 0 radical (unpaired) electrons. The topological polar surface area (TPSA) is 93.7 Å². The number of hydrogen-bond acceptors (Lipinski definition) is 5. The molecule has 0 aliphatic rings. The van der Waals surface area contributed by atoms with Gasteiger partial charge in [-0.2, -0.15) is 0 Å². The van der Waals surface area contributed by atoms with Crippen LogP contribution in [0.4, 0.5) is 5.69 Å². The Bertz CT molecular complexity index is 879. The highest BCUT2D eigenvalue weighted by atomic mass is 32.2. The molecule has 0 saturated heterocycles. The van der Waals surface area contributed by atoms with Crippen LogP contribution in [0.2, 0.25) is 0 Å². The Morgan fingerprint density at radius 2 is 1.93 bits per heavy atom. The maximum Gasteiger partial charge on any atom is 0.255 e. The Morgan fingerprint density at radius 3 is 2.59 bits per heavy atom. The first-order chi connectivity index (χ1) is 13.0. The van der Waals surface area contributed by atoms with E-state index in [1.54, 1.807) is 30.3 Å². The van der Waals surface area contributed by atoms with Gasteiger partial charge in [0.2, 0.25) is 10.0 Å². The van der Waals surface area contributed by atoms with E-state index >= 15 is 0 Å². The third-order valence-corrected chi connectivity index (χ3v) is 4.96. The van der Waals surface area contributed by atoms with E-state index in [0.29, 0.717) is 23.6 Å². The highest BCUT2D eigenvalue weighted by Crippen LogP contribution is 2.18. The van der Waals surface area contributed by atoms with Crippen LogP contribution in [0.25, 0.3) is 0 Å². The van der Waals surface area contributed by atoms with Crippen LogP contribution in [-0.2, 0) is 14.8 Å². The number of sulfonamides is 1. The van der Waals surface area contributed by atoms with Gasteiger partial charge < -0.3 is 14.8 Å². The van der Waals surface area contributed by atoms with Gasteiger partial charge in [-0.1, -0.05) is 18.7 Å². The summed E-state index contributed by atoms with van der Waals surface area (Å²) in [5, 5.41) is 2.75. The van der Waals surface area contributed by atoms with Crippen molar-refractivity contribution in [3.63, 3.8) is 0 Å². The van der Waals surface area contributed by atoms with Gasteiger partial charge in [-0.05, 0) is 36.4 Å². The molecule has 0 saturated carbocycles. The molecule has 0 spiro atoms. The second kappa shape index (κ2) is 9.86. The van der Waals surface area contributed by atoms with Crippen LogP contribution in [0, 0.1) is 0 Å². The van der Waals surface area contributed by atoms with Gasteiger partial charge in [0.1, 0.15) is 12.4 Å². The summed E-state index contributed by atoms with van der Waals surface area (Å²) in [5.41, 5.74) is 0.905. The van der Waals surface area contributed by atoms with Gasteiger partial charge in [0.15, 0.2) is 0 Å². The maximum absolute atomic E-state index is 12.4. The van der Waals surface area contributed by atoms with Crippen molar-refractivity contribution in [2.75, 3.05) is 32.2 Å². The van der Waals surface area contributed by atoms with Crippen LogP contribution in [0.1, 0.15) is 10.4 Å². The zero-order valence-electron chi connectivity index (χ0n) is 15.0. The van der Waals surface area contributed by atoms with Gasteiger partial charge in [-0.3, -0.25) is 4.79 Å². The van der Waals surface area contributed by atoms with E-state index in [0.717, 1.165) is 0 Å². The summed E-state index contributed by atoms with van der Waals surface area (Å²) in [6.45, 7) is 4.39. The fourth-order valence-electron chi connectivity index (χ4n) is 2.17. The Balaban J connectivity index is 2.04. The van der Waals surface area contributed by atoms with Crippen molar-refractivity contribution in [2.24, 2.45) is 0 Å². The summed E-state index contributed by atoms with van der Waals surface area (Å²) < 4.78 is 36.9. The monoisotopic (exact) mass is 390 g/mol. The molecule has 0 heterocycles. The smallest absolute Gasteiger partial charge is 0.255 e. The molecule has 0 atom stereocenters. The fourth-order valence-corrected chi connectivity index (χ4v) is 3.18. The van der Waals surface area contributed by atoms with Crippen molar-refractivity contribution in [3.05, 3.63) is 66.7 Å². The van der Waals surface area contributed by atoms with Crippen LogP contribution in [0.5, 0.6) is 5.75 Å². The lowest BCUT2D eigenvalue weighted by molar-refractivity contribution is 0.102. The Kier molecular flexibility index (Phi) is 7.54. The van der Waals surface area contributed by atoms with Crippen molar-refractivity contribution >= 4 is 21.6 Å². The van der Waals surface area contributed by atoms with Crippen LogP contribution in [-0.4, -0.2) is 41.2 Å². The number of carbonyl (C=O) groups excluding carboxylic acids is 1. The highest BCUT2D eigenvalue weighted by Gasteiger charge is 2.14. The second-order valence-corrected chi connectivity index (χ2v) is 7.26. The van der Waals surface area contributed by atoms with Gasteiger partial charge in [0.05, 0.1) is 11.5 Å². The molecule has 2 rings (SSSR count). The van der Waals surface area contributed by atoms with Crippen LogP contribution in [0.15, 0.2) is 66.1 Å². The van der Waals surface area contributed by atoms with E-state index in [1.165, 1.54) is 31.4 Å². The minimum absolute atomic E-state index is 0.0787. The zero-order valence-corrected chi connectivity index (χ0v) is 15.8. The Labute approximate surface area is 159 Å². The van der Waals surface area contributed by atoms with E-state index in [9.17, 15) is 13.2 Å². The van der Waals surface area contributed by atoms with E-state index in [2.05, 4.69) is 16.6 Å². The molecule has 2 aromatic carbocycles. The van der Waals surface area contributed by atoms with E-state index in [4.69, 9.17) is 9.47 Å². The third kappa shape index (κ3) is 6.21. The number of rotatable bonds is 10. The van der Waals surface area contributed by atoms with E-state index < -0.39 is 10.0 Å². The molecule has 27 heavy (non-hydrogen) atoms. The normalized spacial score (nSPS) is 11.0. The first kappa shape index (κ1) is 20.6. The number of hydrogen-bond donors (Lipinski definition) is 2. The van der Waals surface area contributed by atoms with Crippen molar-refractivity contribution in [2.45, 2.75) is 4.90 Å². The molecule has 0 unspecified atom stereocenters. The number of ether oxygens (including phenoxy) is 2. The number of nitrogens with one attached hydrogen (secondary N) is 2. The molecule has 0 aromatic heterocycles. The third-order valence-electron chi connectivity index (χ3n) is 3.48. The Morgan fingerprint density at radius 1 is 1.19 bits per heavy atom. The zero-order chi connectivity index (χ0) is 19.7. The van der Waals surface area contributed by atoms with Crippen LogP contribution < -0.4 is 14.8 Å². The molecule has 2 aromatic rings. The second-order valence-electron chi connectivity index (χ2n) is 5.50. The molecule has 0 bridgehead atoms. The average Bonchev–Trinajstić information content (AvgIpc) is 2.67. The molecule has 0 aliphatic heterocycles. The first-order valence-electron chi connectivity index (χ1n) is 8.20. The fraction of sp³-hybridized carbons (Fsp3) is 0.211. The quantitative estimate of drug-likeness (QED) is 0.480. The summed E-state index contributed by atoms with van der Waals surface area (Å²) in [6, 6.07) is 12.6. The molecule has 144 valence electrons. The molecule has 0 fully saturated rings. The number of carbonyl (C=O) groups is 1.